The fourth-order valence-corrected chi connectivity index (χ4v) is 3.03. The minimum absolute atomic E-state index is 0.00492. The van der Waals surface area contributed by atoms with Gasteiger partial charge < -0.3 is 20.7 Å². The van der Waals surface area contributed by atoms with Crippen LogP contribution in [0.3, 0.4) is 0 Å². The number of carbonyl (C=O) groups excluding carboxylic acids is 1. The highest BCUT2D eigenvalue weighted by atomic mass is 127. The normalized spacial score (nSPS) is 30.0. The van der Waals surface area contributed by atoms with Gasteiger partial charge in [0.25, 0.3) is 0 Å². The summed E-state index contributed by atoms with van der Waals surface area (Å²) in [7, 11) is 0. The molecule has 0 saturated heterocycles. The highest BCUT2D eigenvalue weighted by Crippen LogP contribution is 2.44. The highest BCUT2D eigenvalue weighted by molar-refractivity contribution is 14.1. The van der Waals surface area contributed by atoms with E-state index in [4.69, 9.17) is 10.5 Å². The number of halogens is 1. The Bertz CT molecular complexity index is 373. The second-order valence-corrected chi connectivity index (χ2v) is 8.66. The van der Waals surface area contributed by atoms with Gasteiger partial charge in [-0.15, -0.1) is 0 Å². The molecule has 5 unspecified atom stereocenters. The molecule has 0 heterocycles. The smallest absolute Gasteiger partial charge is 0.320 e. The third-order valence-electron chi connectivity index (χ3n) is 4.36. The van der Waals surface area contributed by atoms with E-state index in [9.17, 15) is 15.0 Å². The molecule has 0 aromatic rings. The molecule has 1 aliphatic rings. The number of hydrogen-bond acceptors (Lipinski definition) is 5. The molecule has 1 fully saturated rings. The van der Waals surface area contributed by atoms with Crippen LogP contribution in [0.25, 0.3) is 0 Å². The average Bonchev–Trinajstić information content (AvgIpc) is 2.70. The Kier molecular flexibility index (Phi) is 6.08. The zero-order valence-electron chi connectivity index (χ0n) is 13.5. The van der Waals surface area contributed by atoms with E-state index in [1.54, 1.807) is 34.6 Å². The molecule has 1 rings (SSSR count). The van der Waals surface area contributed by atoms with Crippen LogP contribution in [0.4, 0.5) is 0 Å². The summed E-state index contributed by atoms with van der Waals surface area (Å²) < 4.78 is 5.19. The third kappa shape index (κ3) is 5.04. The lowest BCUT2D eigenvalue weighted by Crippen LogP contribution is -2.41. The fraction of sp³-hybridized carbons (Fsp3) is 0.933. The Morgan fingerprint density at radius 2 is 1.76 bits per heavy atom. The van der Waals surface area contributed by atoms with E-state index in [0.717, 1.165) is 0 Å². The molecule has 0 bridgehead atoms. The van der Waals surface area contributed by atoms with Crippen molar-refractivity contribution >= 4 is 28.6 Å². The van der Waals surface area contributed by atoms with E-state index in [2.05, 4.69) is 0 Å². The van der Waals surface area contributed by atoms with Gasteiger partial charge in [0.2, 0.25) is 0 Å². The van der Waals surface area contributed by atoms with Crippen molar-refractivity contribution < 1.29 is 19.7 Å². The van der Waals surface area contributed by atoms with Crippen molar-refractivity contribution in [2.45, 2.75) is 74.7 Å². The lowest BCUT2D eigenvalue weighted by atomic mass is 9.84. The number of ether oxygens (including phenoxy) is 1. The molecule has 6 heteroatoms. The first-order valence-electron chi connectivity index (χ1n) is 7.39. The van der Waals surface area contributed by atoms with Gasteiger partial charge in [-0.05, 0) is 53.4 Å². The first kappa shape index (κ1) is 19.1. The minimum Gasteiger partial charge on any atom is -0.461 e. The second kappa shape index (κ2) is 6.68. The molecule has 1 saturated carbocycles. The van der Waals surface area contributed by atoms with E-state index in [0.29, 0.717) is 12.8 Å². The van der Waals surface area contributed by atoms with Crippen molar-refractivity contribution in [1.82, 2.24) is 0 Å². The lowest BCUT2D eigenvalue weighted by Gasteiger charge is -2.31. The molecule has 1 aliphatic carbocycles. The molecule has 0 aliphatic heterocycles. The number of rotatable bonds is 5. The number of alkyl halides is 1. The van der Waals surface area contributed by atoms with Gasteiger partial charge in [-0.1, -0.05) is 22.6 Å². The van der Waals surface area contributed by atoms with E-state index in [-0.39, 0.29) is 30.0 Å². The zero-order chi connectivity index (χ0) is 16.6. The number of aliphatic hydroxyl groups is 2. The molecule has 0 spiro atoms. The summed E-state index contributed by atoms with van der Waals surface area (Å²) in [6.45, 7) is 8.72. The van der Waals surface area contributed by atoms with Gasteiger partial charge in [-0.25, -0.2) is 0 Å². The summed E-state index contributed by atoms with van der Waals surface area (Å²) in [5.74, 6) is -0.537. The Labute approximate surface area is 140 Å². The van der Waals surface area contributed by atoms with Gasteiger partial charge >= 0.3 is 5.97 Å². The molecule has 21 heavy (non-hydrogen) atoms. The van der Waals surface area contributed by atoms with Crippen molar-refractivity contribution in [2.75, 3.05) is 0 Å². The van der Waals surface area contributed by atoms with Gasteiger partial charge in [-0.3, -0.25) is 4.79 Å². The SMILES string of the molecule is CC(N)C(I)C(=O)OC1CC(C(C)(C)O)CC1C(C)(C)O. The van der Waals surface area contributed by atoms with E-state index in [1.807, 2.05) is 22.6 Å². The van der Waals surface area contributed by atoms with Crippen LogP contribution in [0.5, 0.6) is 0 Å². The average molecular weight is 413 g/mol. The largest absolute Gasteiger partial charge is 0.461 e. The maximum Gasteiger partial charge on any atom is 0.320 e. The summed E-state index contributed by atoms with van der Waals surface area (Å²) in [4.78, 5) is 12.1. The molecule has 4 N–H and O–H groups in total. The van der Waals surface area contributed by atoms with Crippen molar-refractivity contribution in [3.63, 3.8) is 0 Å². The molecular weight excluding hydrogens is 385 g/mol. The zero-order valence-corrected chi connectivity index (χ0v) is 15.6. The third-order valence-corrected chi connectivity index (χ3v) is 6.01. The predicted molar refractivity (Wildman–Crippen MR) is 90.1 cm³/mol. The lowest BCUT2D eigenvalue weighted by molar-refractivity contribution is -0.154. The van der Waals surface area contributed by atoms with E-state index < -0.39 is 15.1 Å². The van der Waals surface area contributed by atoms with Crippen LogP contribution in [-0.2, 0) is 9.53 Å². The Morgan fingerprint density at radius 3 is 2.14 bits per heavy atom. The monoisotopic (exact) mass is 413 g/mol. The molecule has 0 amide bonds. The Morgan fingerprint density at radius 1 is 1.24 bits per heavy atom. The minimum atomic E-state index is -0.958. The molecule has 0 aromatic heterocycles. The first-order valence-corrected chi connectivity index (χ1v) is 8.63. The van der Waals surface area contributed by atoms with Gasteiger partial charge in [0.05, 0.1) is 11.2 Å². The van der Waals surface area contributed by atoms with Crippen molar-refractivity contribution in [1.29, 1.82) is 0 Å². The van der Waals surface area contributed by atoms with Crippen molar-refractivity contribution in [3.8, 4) is 0 Å². The quantitative estimate of drug-likeness (QED) is 0.362. The highest BCUT2D eigenvalue weighted by Gasteiger charge is 2.48. The van der Waals surface area contributed by atoms with Gasteiger partial charge in [0.15, 0.2) is 0 Å². The summed E-state index contributed by atoms with van der Waals surface area (Å²) in [5.41, 5.74) is 3.92. The summed E-state index contributed by atoms with van der Waals surface area (Å²) in [5, 5.41) is 20.5. The standard InChI is InChI=1S/C15H28INO4/c1-8(17)12(16)13(18)21-11-7-9(14(2,3)19)6-10(11)15(4,5)20/h8-12,19-20H,6-7,17H2,1-5H3. The van der Waals surface area contributed by atoms with Crippen LogP contribution in [0.1, 0.15) is 47.5 Å². The molecule has 124 valence electrons. The van der Waals surface area contributed by atoms with Crippen molar-refractivity contribution in [3.05, 3.63) is 0 Å². The van der Waals surface area contributed by atoms with Gasteiger partial charge in [0.1, 0.15) is 10.0 Å². The van der Waals surface area contributed by atoms with Gasteiger partial charge in [-0.2, -0.15) is 0 Å². The Balaban J connectivity index is 2.85. The Hall–Kier alpha value is 0.0800. The summed E-state index contributed by atoms with van der Waals surface area (Å²) in [6, 6.07) is -0.287. The summed E-state index contributed by atoms with van der Waals surface area (Å²) >= 11 is 1.98. The van der Waals surface area contributed by atoms with Crippen LogP contribution < -0.4 is 5.73 Å². The fourth-order valence-electron chi connectivity index (χ4n) is 2.88. The van der Waals surface area contributed by atoms with Crippen LogP contribution in [0, 0.1) is 11.8 Å². The molecular formula is C15H28INO4. The predicted octanol–water partition coefficient (Wildman–Crippen LogP) is 1.62. The van der Waals surface area contributed by atoms with E-state index >= 15 is 0 Å². The second-order valence-electron chi connectivity index (χ2n) is 7.32. The molecule has 0 aromatic carbocycles. The van der Waals surface area contributed by atoms with E-state index in [1.165, 1.54) is 0 Å². The van der Waals surface area contributed by atoms with Crippen molar-refractivity contribution in [2.24, 2.45) is 17.6 Å². The van der Waals surface area contributed by atoms with Crippen LogP contribution in [0.2, 0.25) is 0 Å². The molecule has 5 atom stereocenters. The summed E-state index contributed by atoms with van der Waals surface area (Å²) in [6.07, 6.45) is 0.811. The topological polar surface area (TPSA) is 92.8 Å². The maximum absolute atomic E-state index is 12.1. The maximum atomic E-state index is 12.1. The molecule has 5 nitrogen and oxygen atoms in total. The van der Waals surface area contributed by atoms with Gasteiger partial charge in [0, 0.05) is 12.0 Å². The number of esters is 1. The van der Waals surface area contributed by atoms with Crippen LogP contribution >= 0.6 is 22.6 Å². The first-order chi connectivity index (χ1) is 9.34. The molecule has 0 radical (unpaired) electrons. The van der Waals surface area contributed by atoms with Crippen LogP contribution in [0.15, 0.2) is 0 Å². The number of nitrogens with two attached hydrogens (primary N) is 1. The number of hydrogen-bond donors (Lipinski definition) is 3. The van der Waals surface area contributed by atoms with Crippen LogP contribution in [-0.4, -0.2) is 43.5 Å². The number of carbonyl (C=O) groups is 1.